The highest BCUT2D eigenvalue weighted by atomic mass is 15.1. The lowest BCUT2D eigenvalue weighted by molar-refractivity contribution is 1.19. The number of nitrogens with two attached hydrogens (primary N) is 1. The molecule has 0 saturated heterocycles. The van der Waals surface area contributed by atoms with Gasteiger partial charge in [0.2, 0.25) is 0 Å². The van der Waals surface area contributed by atoms with Crippen LogP contribution in [0.3, 0.4) is 0 Å². The molecule has 0 aliphatic rings. The Bertz CT molecular complexity index is 885. The van der Waals surface area contributed by atoms with Crippen molar-refractivity contribution in [2.24, 2.45) is 20.5 Å². The highest BCUT2D eigenvalue weighted by molar-refractivity contribution is 5.62. The van der Waals surface area contributed by atoms with E-state index in [9.17, 15) is 0 Å². The maximum atomic E-state index is 5.85. The number of aryl methyl sites for hydroxylation is 1. The highest BCUT2D eigenvalue weighted by Crippen LogP contribution is 2.28. The molecular weight excluding hydrogens is 298 g/mol. The molecule has 2 N–H and O–H groups in total. The summed E-state index contributed by atoms with van der Waals surface area (Å²) in [5.41, 5.74) is 10.5. The van der Waals surface area contributed by atoms with Gasteiger partial charge in [-0.25, -0.2) is 0 Å². The number of azo groups is 2. The largest absolute Gasteiger partial charge is 0.397 e. The lowest BCUT2D eigenvalue weighted by Crippen LogP contribution is -1.82. The summed E-state index contributed by atoms with van der Waals surface area (Å²) in [6.07, 6.45) is 0. The van der Waals surface area contributed by atoms with Gasteiger partial charge < -0.3 is 5.73 Å². The van der Waals surface area contributed by atoms with Gasteiger partial charge in [0.05, 0.1) is 22.7 Å². The molecule has 0 heterocycles. The van der Waals surface area contributed by atoms with Crippen LogP contribution in [0.5, 0.6) is 0 Å². The Morgan fingerprint density at radius 2 is 1.29 bits per heavy atom. The van der Waals surface area contributed by atoms with Crippen molar-refractivity contribution in [2.75, 3.05) is 5.73 Å². The van der Waals surface area contributed by atoms with Crippen LogP contribution in [0.15, 0.2) is 93.3 Å². The van der Waals surface area contributed by atoms with E-state index in [4.69, 9.17) is 5.73 Å². The van der Waals surface area contributed by atoms with Crippen LogP contribution in [-0.4, -0.2) is 0 Å². The Hall–Kier alpha value is -3.34. The molecule has 0 saturated carbocycles. The maximum absolute atomic E-state index is 5.85. The predicted octanol–water partition coefficient (Wildman–Crippen LogP) is 6.41. The lowest BCUT2D eigenvalue weighted by Gasteiger charge is -2.01. The number of hydrogen-bond donors (Lipinski definition) is 1. The summed E-state index contributed by atoms with van der Waals surface area (Å²) in [7, 11) is 0. The molecule has 118 valence electrons. The second kappa shape index (κ2) is 7.28. The number of hydrogen-bond acceptors (Lipinski definition) is 5. The predicted molar refractivity (Wildman–Crippen MR) is 96.8 cm³/mol. The molecule has 0 aliphatic carbocycles. The molecular formula is C19H17N5. The minimum Gasteiger partial charge on any atom is -0.397 e. The number of para-hydroxylation sites is 1. The van der Waals surface area contributed by atoms with Crippen LogP contribution in [0.1, 0.15) is 5.56 Å². The summed E-state index contributed by atoms with van der Waals surface area (Å²) >= 11 is 0. The molecule has 0 radical (unpaired) electrons. The first-order valence-corrected chi connectivity index (χ1v) is 7.56. The van der Waals surface area contributed by atoms with Gasteiger partial charge in [0.15, 0.2) is 0 Å². The molecule has 0 aliphatic heterocycles. The fourth-order valence-electron chi connectivity index (χ4n) is 2.11. The quantitative estimate of drug-likeness (QED) is 0.438. The van der Waals surface area contributed by atoms with Gasteiger partial charge >= 0.3 is 0 Å². The van der Waals surface area contributed by atoms with Gasteiger partial charge in [0.1, 0.15) is 5.69 Å². The van der Waals surface area contributed by atoms with Crippen LogP contribution < -0.4 is 5.73 Å². The van der Waals surface area contributed by atoms with Crippen molar-refractivity contribution in [2.45, 2.75) is 6.92 Å². The zero-order chi connectivity index (χ0) is 16.8. The highest BCUT2D eigenvalue weighted by Gasteiger charge is 2.00. The topological polar surface area (TPSA) is 75.5 Å². The van der Waals surface area contributed by atoms with Crippen molar-refractivity contribution in [3.8, 4) is 0 Å². The summed E-state index contributed by atoms with van der Waals surface area (Å²) < 4.78 is 0. The average molecular weight is 315 g/mol. The van der Waals surface area contributed by atoms with E-state index in [2.05, 4.69) is 20.5 Å². The van der Waals surface area contributed by atoms with Gasteiger partial charge in [0.25, 0.3) is 0 Å². The minimum atomic E-state index is 0.603. The van der Waals surface area contributed by atoms with E-state index >= 15 is 0 Å². The van der Waals surface area contributed by atoms with Crippen LogP contribution in [0.2, 0.25) is 0 Å². The number of nitrogen functional groups attached to an aromatic ring is 1. The lowest BCUT2D eigenvalue weighted by atomic mass is 10.2. The Morgan fingerprint density at radius 1 is 0.625 bits per heavy atom. The number of nitrogens with zero attached hydrogens (tertiary/aromatic N) is 4. The Labute approximate surface area is 140 Å². The van der Waals surface area contributed by atoms with E-state index in [1.807, 2.05) is 73.7 Å². The van der Waals surface area contributed by atoms with Gasteiger partial charge in [-0.1, -0.05) is 30.3 Å². The molecule has 0 amide bonds. The minimum absolute atomic E-state index is 0.603. The maximum Gasteiger partial charge on any atom is 0.109 e. The monoisotopic (exact) mass is 315 g/mol. The van der Waals surface area contributed by atoms with Crippen molar-refractivity contribution in [1.82, 2.24) is 0 Å². The van der Waals surface area contributed by atoms with Crippen molar-refractivity contribution < 1.29 is 0 Å². The van der Waals surface area contributed by atoms with Gasteiger partial charge in [-0.05, 0) is 55.0 Å². The third-order valence-electron chi connectivity index (χ3n) is 3.42. The molecule has 3 aromatic carbocycles. The summed E-state index contributed by atoms with van der Waals surface area (Å²) in [6, 6.07) is 22.6. The van der Waals surface area contributed by atoms with Crippen molar-refractivity contribution in [1.29, 1.82) is 0 Å². The summed E-state index contributed by atoms with van der Waals surface area (Å²) in [5.74, 6) is 0. The van der Waals surface area contributed by atoms with E-state index in [-0.39, 0.29) is 0 Å². The second-order valence-electron chi connectivity index (χ2n) is 5.27. The smallest absolute Gasteiger partial charge is 0.109 e. The Balaban J connectivity index is 1.78. The molecule has 0 atom stereocenters. The van der Waals surface area contributed by atoms with Gasteiger partial charge in [0, 0.05) is 0 Å². The van der Waals surface area contributed by atoms with Crippen molar-refractivity contribution in [3.05, 3.63) is 78.4 Å². The average Bonchev–Trinajstić information content (AvgIpc) is 2.61. The molecule has 3 rings (SSSR count). The summed E-state index contributed by atoms with van der Waals surface area (Å²) in [6.45, 7) is 1.97. The van der Waals surface area contributed by atoms with E-state index in [1.54, 1.807) is 6.07 Å². The van der Waals surface area contributed by atoms with Crippen LogP contribution >= 0.6 is 0 Å². The normalized spacial score (nSPS) is 11.4. The van der Waals surface area contributed by atoms with E-state index in [1.165, 1.54) is 0 Å². The first-order valence-electron chi connectivity index (χ1n) is 7.56. The molecule has 0 bridgehead atoms. The van der Waals surface area contributed by atoms with Gasteiger partial charge in [-0.2, -0.15) is 15.3 Å². The summed E-state index contributed by atoms with van der Waals surface area (Å²) in [4.78, 5) is 0. The van der Waals surface area contributed by atoms with Crippen LogP contribution in [0.4, 0.5) is 28.4 Å². The van der Waals surface area contributed by atoms with Crippen molar-refractivity contribution in [3.63, 3.8) is 0 Å². The van der Waals surface area contributed by atoms with E-state index in [0.717, 1.165) is 22.6 Å². The second-order valence-corrected chi connectivity index (χ2v) is 5.27. The molecule has 0 spiro atoms. The molecule has 0 unspecified atom stereocenters. The number of benzene rings is 3. The molecule has 3 aromatic rings. The van der Waals surface area contributed by atoms with Crippen molar-refractivity contribution >= 4 is 28.4 Å². The fraction of sp³-hybridized carbons (Fsp3) is 0.0526. The molecule has 5 heteroatoms. The third kappa shape index (κ3) is 3.89. The van der Waals surface area contributed by atoms with Crippen LogP contribution in [0, 0.1) is 6.92 Å². The zero-order valence-electron chi connectivity index (χ0n) is 13.3. The first-order chi connectivity index (χ1) is 11.7. The fourth-order valence-corrected chi connectivity index (χ4v) is 2.11. The van der Waals surface area contributed by atoms with E-state index < -0.39 is 0 Å². The standard InChI is InChI=1S/C19H17N5/c1-14-13-16(22-24-19-10-6-5-9-17(19)20)11-12-18(14)23-21-15-7-3-2-4-8-15/h2-13H,20H2,1H3. The number of rotatable bonds is 4. The number of anilines is 1. The Kier molecular flexibility index (Phi) is 4.72. The molecule has 0 aromatic heterocycles. The van der Waals surface area contributed by atoms with Crippen LogP contribution in [-0.2, 0) is 0 Å². The van der Waals surface area contributed by atoms with Crippen LogP contribution in [0.25, 0.3) is 0 Å². The first kappa shape index (κ1) is 15.6. The third-order valence-corrected chi connectivity index (χ3v) is 3.42. The SMILES string of the molecule is Cc1cc(N=Nc2ccccc2N)ccc1N=Nc1ccccc1. The van der Waals surface area contributed by atoms with Gasteiger partial charge in [-0.15, -0.1) is 5.11 Å². The molecule has 0 fully saturated rings. The molecule has 24 heavy (non-hydrogen) atoms. The zero-order valence-corrected chi connectivity index (χ0v) is 13.3. The summed E-state index contributed by atoms with van der Waals surface area (Å²) in [5, 5.41) is 16.9. The Morgan fingerprint density at radius 3 is 2.04 bits per heavy atom. The van der Waals surface area contributed by atoms with Gasteiger partial charge in [-0.3, -0.25) is 0 Å². The molecule has 5 nitrogen and oxygen atoms in total. The van der Waals surface area contributed by atoms with E-state index in [0.29, 0.717) is 11.4 Å².